The molecule has 1 saturated heterocycles. The van der Waals surface area contributed by atoms with Crippen molar-refractivity contribution < 1.29 is 9.90 Å². The average molecular weight is 305 g/mol. The van der Waals surface area contributed by atoms with Crippen molar-refractivity contribution in [1.82, 2.24) is 0 Å². The Balaban J connectivity index is 1.98. The van der Waals surface area contributed by atoms with Crippen molar-refractivity contribution in [3.63, 3.8) is 0 Å². The van der Waals surface area contributed by atoms with Crippen molar-refractivity contribution in [2.45, 2.75) is 44.2 Å². The molecule has 2 aliphatic rings. The first-order chi connectivity index (χ1) is 10.1. The first kappa shape index (κ1) is 14.2. The summed E-state index contributed by atoms with van der Waals surface area (Å²) in [7, 11) is 0. The number of benzene rings is 1. The molecule has 1 aliphatic heterocycles. The minimum atomic E-state index is -0.773. The molecule has 0 bridgehead atoms. The fourth-order valence-electron chi connectivity index (χ4n) is 3.81. The Kier molecular flexibility index (Phi) is 3.77. The molecule has 0 amide bonds. The number of nitrogens with zero attached hydrogens (tertiary/aromatic N) is 2. The van der Waals surface area contributed by atoms with E-state index in [0.717, 1.165) is 24.9 Å². The van der Waals surface area contributed by atoms with Crippen molar-refractivity contribution in [2.24, 2.45) is 5.92 Å². The number of fused-ring (bicyclic) bond motifs is 1. The molecule has 1 aliphatic carbocycles. The van der Waals surface area contributed by atoms with Gasteiger partial charge in [0.1, 0.15) is 12.1 Å². The second-order valence-corrected chi connectivity index (χ2v) is 6.29. The Morgan fingerprint density at radius 2 is 2.14 bits per heavy atom. The van der Waals surface area contributed by atoms with Gasteiger partial charge in [0.15, 0.2) is 0 Å². The molecule has 0 spiro atoms. The topological polar surface area (TPSA) is 64.3 Å². The molecule has 4 nitrogen and oxygen atoms in total. The number of hydrogen-bond donors (Lipinski definition) is 1. The third-order valence-electron chi connectivity index (χ3n) is 4.74. The van der Waals surface area contributed by atoms with Gasteiger partial charge in [-0.3, -0.25) is 0 Å². The Bertz CT molecular complexity index is 611. The van der Waals surface area contributed by atoms with Crippen LogP contribution < -0.4 is 4.90 Å². The number of rotatable bonds is 2. The average Bonchev–Trinajstić information content (AvgIpc) is 2.86. The number of hydrogen-bond acceptors (Lipinski definition) is 3. The zero-order valence-corrected chi connectivity index (χ0v) is 12.4. The van der Waals surface area contributed by atoms with E-state index in [-0.39, 0.29) is 6.04 Å². The number of halogens is 1. The lowest BCUT2D eigenvalue weighted by Crippen LogP contribution is -2.42. The van der Waals surface area contributed by atoms with Crippen LogP contribution in [-0.4, -0.2) is 23.2 Å². The Morgan fingerprint density at radius 3 is 2.81 bits per heavy atom. The number of carboxylic acids is 1. The third-order valence-corrected chi connectivity index (χ3v) is 5.06. The lowest BCUT2D eigenvalue weighted by Gasteiger charge is -2.34. The summed E-state index contributed by atoms with van der Waals surface area (Å²) < 4.78 is 0. The maximum atomic E-state index is 11.6. The zero-order valence-electron chi connectivity index (χ0n) is 11.6. The molecule has 110 valence electrons. The number of nitriles is 1. The van der Waals surface area contributed by atoms with Gasteiger partial charge in [0.2, 0.25) is 0 Å². The van der Waals surface area contributed by atoms with Crippen molar-refractivity contribution in [3.05, 3.63) is 28.8 Å². The summed E-state index contributed by atoms with van der Waals surface area (Å²) >= 11 is 6.11. The van der Waals surface area contributed by atoms with Crippen LogP contribution in [0.3, 0.4) is 0 Å². The number of carboxylic acid groups (broad SMARTS) is 1. The largest absolute Gasteiger partial charge is 0.480 e. The first-order valence-electron chi connectivity index (χ1n) is 7.32. The molecule has 1 N–H and O–H groups in total. The van der Waals surface area contributed by atoms with E-state index in [1.165, 1.54) is 6.42 Å². The second kappa shape index (κ2) is 5.57. The molecule has 1 aromatic carbocycles. The van der Waals surface area contributed by atoms with E-state index in [1.807, 2.05) is 17.0 Å². The van der Waals surface area contributed by atoms with Crippen LogP contribution in [0.2, 0.25) is 5.02 Å². The predicted octanol–water partition coefficient (Wildman–Crippen LogP) is 3.43. The molecule has 21 heavy (non-hydrogen) atoms. The van der Waals surface area contributed by atoms with Gasteiger partial charge in [0.05, 0.1) is 10.6 Å². The van der Waals surface area contributed by atoms with Gasteiger partial charge in [0, 0.05) is 11.7 Å². The van der Waals surface area contributed by atoms with Crippen LogP contribution in [0.5, 0.6) is 0 Å². The Labute approximate surface area is 128 Å². The molecule has 2 fully saturated rings. The summed E-state index contributed by atoms with van der Waals surface area (Å²) in [6.07, 6.45) is 5.18. The molecule has 3 unspecified atom stereocenters. The lowest BCUT2D eigenvalue weighted by molar-refractivity contribution is -0.138. The second-order valence-electron chi connectivity index (χ2n) is 5.88. The van der Waals surface area contributed by atoms with E-state index in [0.29, 0.717) is 22.9 Å². The highest BCUT2D eigenvalue weighted by Crippen LogP contribution is 2.43. The summed E-state index contributed by atoms with van der Waals surface area (Å²) in [5.74, 6) is -0.320. The van der Waals surface area contributed by atoms with Crippen molar-refractivity contribution in [2.75, 3.05) is 4.90 Å². The van der Waals surface area contributed by atoms with Gasteiger partial charge >= 0.3 is 5.97 Å². The zero-order chi connectivity index (χ0) is 15.0. The van der Waals surface area contributed by atoms with Crippen LogP contribution >= 0.6 is 11.6 Å². The first-order valence-corrected chi connectivity index (χ1v) is 7.70. The van der Waals surface area contributed by atoms with Crippen LogP contribution in [0, 0.1) is 17.2 Å². The summed E-state index contributed by atoms with van der Waals surface area (Å²) in [5.41, 5.74) is 1.24. The molecular formula is C16H17ClN2O2. The van der Waals surface area contributed by atoms with E-state index in [1.54, 1.807) is 12.1 Å². The maximum Gasteiger partial charge on any atom is 0.326 e. The summed E-state index contributed by atoms with van der Waals surface area (Å²) in [6.45, 7) is 0. The monoisotopic (exact) mass is 304 g/mol. The highest BCUT2D eigenvalue weighted by molar-refractivity contribution is 6.32. The van der Waals surface area contributed by atoms with E-state index in [9.17, 15) is 9.90 Å². The highest BCUT2D eigenvalue weighted by atomic mass is 35.5. The van der Waals surface area contributed by atoms with Crippen LogP contribution in [0.1, 0.15) is 37.7 Å². The van der Waals surface area contributed by atoms with Gasteiger partial charge in [-0.15, -0.1) is 0 Å². The van der Waals surface area contributed by atoms with E-state index in [4.69, 9.17) is 16.9 Å². The molecule has 0 aromatic heterocycles. The Morgan fingerprint density at radius 1 is 1.38 bits per heavy atom. The molecule has 5 heteroatoms. The summed E-state index contributed by atoms with van der Waals surface area (Å²) in [5, 5.41) is 18.9. The fourth-order valence-corrected chi connectivity index (χ4v) is 4.02. The van der Waals surface area contributed by atoms with Gasteiger partial charge in [-0.2, -0.15) is 5.26 Å². The predicted molar refractivity (Wildman–Crippen MR) is 80.4 cm³/mol. The molecule has 0 radical (unpaired) electrons. The SMILES string of the molecule is N#Cc1ccc(N2C(C(=O)O)CC3CCCCC32)cc1Cl. The molecule has 1 aromatic rings. The summed E-state index contributed by atoms with van der Waals surface area (Å²) in [4.78, 5) is 13.6. The van der Waals surface area contributed by atoms with Crippen LogP contribution in [0.15, 0.2) is 18.2 Å². The van der Waals surface area contributed by atoms with E-state index >= 15 is 0 Å². The van der Waals surface area contributed by atoms with Gasteiger partial charge < -0.3 is 10.0 Å². The minimum Gasteiger partial charge on any atom is -0.480 e. The number of carbonyl (C=O) groups is 1. The smallest absolute Gasteiger partial charge is 0.326 e. The van der Waals surface area contributed by atoms with E-state index < -0.39 is 12.0 Å². The van der Waals surface area contributed by atoms with Crippen LogP contribution in [0.4, 0.5) is 5.69 Å². The molecule has 1 heterocycles. The fraction of sp³-hybridized carbons (Fsp3) is 0.500. The van der Waals surface area contributed by atoms with Gasteiger partial charge in [-0.1, -0.05) is 24.4 Å². The van der Waals surface area contributed by atoms with E-state index in [2.05, 4.69) is 0 Å². The molecule has 1 saturated carbocycles. The van der Waals surface area contributed by atoms with Gasteiger partial charge in [-0.05, 0) is 43.4 Å². The van der Waals surface area contributed by atoms with Gasteiger partial charge in [0.25, 0.3) is 0 Å². The van der Waals surface area contributed by atoms with Crippen molar-refractivity contribution in [3.8, 4) is 6.07 Å². The van der Waals surface area contributed by atoms with Crippen molar-refractivity contribution in [1.29, 1.82) is 5.26 Å². The summed E-state index contributed by atoms with van der Waals surface area (Å²) in [6, 6.07) is 7.05. The number of aliphatic carboxylic acids is 1. The molecule has 3 atom stereocenters. The van der Waals surface area contributed by atoms with Gasteiger partial charge in [-0.25, -0.2) is 4.79 Å². The molecule has 3 rings (SSSR count). The van der Waals surface area contributed by atoms with Crippen LogP contribution in [-0.2, 0) is 4.79 Å². The number of anilines is 1. The maximum absolute atomic E-state index is 11.6. The Hall–Kier alpha value is -1.73. The quantitative estimate of drug-likeness (QED) is 0.909. The van der Waals surface area contributed by atoms with Crippen molar-refractivity contribution >= 4 is 23.3 Å². The minimum absolute atomic E-state index is 0.281. The third kappa shape index (κ3) is 2.47. The lowest BCUT2D eigenvalue weighted by atomic mass is 9.84. The standard InChI is InChI=1S/C16H17ClN2O2/c17-13-8-12(6-5-11(13)9-18)19-14-4-2-1-3-10(14)7-15(19)16(20)21/h5-6,8,10,14-15H,1-4,7H2,(H,20,21). The highest BCUT2D eigenvalue weighted by Gasteiger charge is 2.45. The molecular weight excluding hydrogens is 288 g/mol. The normalized spacial score (nSPS) is 28.0. The van der Waals surface area contributed by atoms with Crippen LogP contribution in [0.25, 0.3) is 0 Å².